The number of hydrogen-bond donors (Lipinski definition) is 0. The van der Waals surface area contributed by atoms with Crippen molar-refractivity contribution in [3.8, 4) is 0 Å². The molecule has 0 aromatic carbocycles. The standard InChI is InChI=1S/C17H29N3/c1-5-6-7-11-17-14-20(19-18-17)13-12-16(4)10-8-9-15(2)3/h9,12,14H,5-8,10-11,13H2,1-4H3/b16-12-. The van der Waals surface area contributed by atoms with Crippen LogP contribution in [0, 0.1) is 0 Å². The highest BCUT2D eigenvalue weighted by Crippen LogP contribution is 2.07. The van der Waals surface area contributed by atoms with Crippen molar-refractivity contribution in [1.82, 2.24) is 15.0 Å². The van der Waals surface area contributed by atoms with Gasteiger partial charge >= 0.3 is 0 Å². The summed E-state index contributed by atoms with van der Waals surface area (Å²) in [5, 5.41) is 8.41. The van der Waals surface area contributed by atoms with Crippen molar-refractivity contribution in [3.63, 3.8) is 0 Å². The van der Waals surface area contributed by atoms with Crippen molar-refractivity contribution in [2.75, 3.05) is 0 Å². The monoisotopic (exact) mass is 275 g/mol. The van der Waals surface area contributed by atoms with Gasteiger partial charge in [0, 0.05) is 6.20 Å². The molecule has 1 aromatic rings. The molecular formula is C17H29N3. The molecule has 0 aliphatic carbocycles. The zero-order valence-electron chi connectivity index (χ0n) is 13.5. The SMILES string of the molecule is CCCCCc1cn(C/C=C(/C)CCC=C(C)C)nn1. The van der Waals surface area contributed by atoms with Crippen LogP contribution >= 0.6 is 0 Å². The zero-order chi connectivity index (χ0) is 14.8. The number of aryl methyl sites for hydroxylation is 1. The van der Waals surface area contributed by atoms with E-state index in [0.29, 0.717) is 0 Å². The summed E-state index contributed by atoms with van der Waals surface area (Å²) in [6.07, 6.45) is 13.7. The predicted molar refractivity (Wildman–Crippen MR) is 85.7 cm³/mol. The van der Waals surface area contributed by atoms with Crippen molar-refractivity contribution < 1.29 is 0 Å². The van der Waals surface area contributed by atoms with E-state index in [0.717, 1.165) is 31.5 Å². The van der Waals surface area contributed by atoms with Crippen molar-refractivity contribution in [2.45, 2.75) is 72.8 Å². The van der Waals surface area contributed by atoms with Crippen LogP contribution in [0.15, 0.2) is 29.5 Å². The first-order valence-electron chi connectivity index (χ1n) is 7.79. The molecule has 20 heavy (non-hydrogen) atoms. The molecule has 112 valence electrons. The van der Waals surface area contributed by atoms with E-state index in [-0.39, 0.29) is 0 Å². The van der Waals surface area contributed by atoms with Crippen LogP contribution in [-0.4, -0.2) is 15.0 Å². The number of aromatic nitrogens is 3. The minimum Gasteiger partial charge on any atom is -0.248 e. The van der Waals surface area contributed by atoms with Gasteiger partial charge in [-0.15, -0.1) is 5.10 Å². The summed E-state index contributed by atoms with van der Waals surface area (Å²) < 4.78 is 1.94. The quantitative estimate of drug-likeness (QED) is 0.483. The first kappa shape index (κ1) is 16.7. The van der Waals surface area contributed by atoms with Crippen LogP contribution in [0.1, 0.15) is 65.5 Å². The molecule has 0 saturated carbocycles. The first-order chi connectivity index (χ1) is 9.61. The lowest BCUT2D eigenvalue weighted by atomic mass is 10.1. The molecule has 1 rings (SSSR count). The number of allylic oxidation sites excluding steroid dienone is 4. The molecule has 0 unspecified atom stereocenters. The largest absolute Gasteiger partial charge is 0.248 e. The summed E-state index contributed by atoms with van der Waals surface area (Å²) in [5.41, 5.74) is 3.94. The highest BCUT2D eigenvalue weighted by atomic mass is 15.4. The van der Waals surface area contributed by atoms with E-state index in [4.69, 9.17) is 0 Å². The molecule has 1 aromatic heterocycles. The molecular weight excluding hydrogens is 246 g/mol. The maximum atomic E-state index is 4.23. The minimum absolute atomic E-state index is 0.835. The third kappa shape index (κ3) is 7.27. The van der Waals surface area contributed by atoms with E-state index in [1.54, 1.807) is 0 Å². The van der Waals surface area contributed by atoms with E-state index in [1.807, 2.05) is 4.68 Å². The average molecular weight is 275 g/mol. The van der Waals surface area contributed by atoms with Crippen LogP contribution in [0.2, 0.25) is 0 Å². The number of unbranched alkanes of at least 4 members (excludes halogenated alkanes) is 2. The smallest absolute Gasteiger partial charge is 0.0827 e. The fourth-order valence-electron chi connectivity index (χ4n) is 2.04. The van der Waals surface area contributed by atoms with Crippen LogP contribution < -0.4 is 0 Å². The minimum atomic E-state index is 0.835. The van der Waals surface area contributed by atoms with E-state index in [1.165, 1.54) is 30.4 Å². The molecule has 0 spiro atoms. The maximum Gasteiger partial charge on any atom is 0.0827 e. The Morgan fingerprint density at radius 3 is 2.70 bits per heavy atom. The van der Waals surface area contributed by atoms with Gasteiger partial charge in [0.05, 0.1) is 12.2 Å². The van der Waals surface area contributed by atoms with E-state index in [2.05, 4.69) is 56.4 Å². The van der Waals surface area contributed by atoms with E-state index >= 15 is 0 Å². The van der Waals surface area contributed by atoms with Gasteiger partial charge in [-0.25, -0.2) is 4.68 Å². The van der Waals surface area contributed by atoms with Crippen LogP contribution in [0.3, 0.4) is 0 Å². The molecule has 0 fully saturated rings. The topological polar surface area (TPSA) is 30.7 Å². The van der Waals surface area contributed by atoms with E-state index in [9.17, 15) is 0 Å². The molecule has 0 aliphatic rings. The van der Waals surface area contributed by atoms with Gasteiger partial charge < -0.3 is 0 Å². The number of hydrogen-bond acceptors (Lipinski definition) is 2. The van der Waals surface area contributed by atoms with Gasteiger partial charge in [-0.2, -0.15) is 0 Å². The Labute approximate surface area is 123 Å². The molecule has 0 aliphatic heterocycles. The number of rotatable bonds is 9. The Morgan fingerprint density at radius 1 is 1.20 bits per heavy atom. The van der Waals surface area contributed by atoms with Crippen LogP contribution in [-0.2, 0) is 13.0 Å². The lowest BCUT2D eigenvalue weighted by Gasteiger charge is -1.99. The highest BCUT2D eigenvalue weighted by molar-refractivity contribution is 5.02. The van der Waals surface area contributed by atoms with E-state index < -0.39 is 0 Å². The molecule has 1 heterocycles. The normalized spacial score (nSPS) is 11.7. The summed E-state index contributed by atoms with van der Waals surface area (Å²) in [6, 6.07) is 0. The molecule has 0 radical (unpaired) electrons. The fraction of sp³-hybridized carbons (Fsp3) is 0.647. The first-order valence-corrected chi connectivity index (χ1v) is 7.79. The molecule has 3 heteroatoms. The number of nitrogens with zero attached hydrogens (tertiary/aromatic N) is 3. The summed E-state index contributed by atoms with van der Waals surface area (Å²) in [7, 11) is 0. The van der Waals surface area contributed by atoms with Crippen molar-refractivity contribution >= 4 is 0 Å². The summed E-state index contributed by atoms with van der Waals surface area (Å²) >= 11 is 0. The highest BCUT2D eigenvalue weighted by Gasteiger charge is 1.99. The van der Waals surface area contributed by atoms with Gasteiger partial charge in [-0.1, -0.05) is 48.3 Å². The van der Waals surface area contributed by atoms with Gasteiger partial charge in [0.15, 0.2) is 0 Å². The Bertz CT molecular complexity index is 437. The average Bonchev–Trinajstić information content (AvgIpc) is 2.84. The second kappa shape index (κ2) is 9.51. The molecule has 0 amide bonds. The Balaban J connectivity index is 2.35. The van der Waals surface area contributed by atoms with Gasteiger partial charge in [-0.3, -0.25) is 0 Å². The lowest BCUT2D eigenvalue weighted by molar-refractivity contribution is 0.655. The van der Waals surface area contributed by atoms with Crippen LogP contribution in [0.5, 0.6) is 0 Å². The van der Waals surface area contributed by atoms with Gasteiger partial charge in [0.2, 0.25) is 0 Å². The van der Waals surface area contributed by atoms with Crippen LogP contribution in [0.25, 0.3) is 0 Å². The van der Waals surface area contributed by atoms with Crippen LogP contribution in [0.4, 0.5) is 0 Å². The Hall–Kier alpha value is -1.38. The summed E-state index contributed by atoms with van der Waals surface area (Å²) in [5.74, 6) is 0. The van der Waals surface area contributed by atoms with Crippen molar-refractivity contribution in [3.05, 3.63) is 35.2 Å². The maximum absolute atomic E-state index is 4.23. The Morgan fingerprint density at radius 2 is 2.00 bits per heavy atom. The molecule has 0 atom stereocenters. The molecule has 0 bridgehead atoms. The third-order valence-corrected chi connectivity index (χ3v) is 3.34. The predicted octanol–water partition coefficient (Wildman–Crippen LogP) is 4.70. The van der Waals surface area contributed by atoms with Crippen molar-refractivity contribution in [1.29, 1.82) is 0 Å². The summed E-state index contributed by atoms with van der Waals surface area (Å²) in [4.78, 5) is 0. The molecule has 0 saturated heterocycles. The van der Waals surface area contributed by atoms with Gasteiger partial charge in [0.25, 0.3) is 0 Å². The third-order valence-electron chi connectivity index (χ3n) is 3.34. The fourth-order valence-corrected chi connectivity index (χ4v) is 2.04. The second-order valence-electron chi connectivity index (χ2n) is 5.76. The van der Waals surface area contributed by atoms with Gasteiger partial charge in [0.1, 0.15) is 0 Å². The lowest BCUT2D eigenvalue weighted by Crippen LogP contribution is -1.96. The molecule has 0 N–H and O–H groups in total. The van der Waals surface area contributed by atoms with Crippen molar-refractivity contribution in [2.24, 2.45) is 0 Å². The molecule has 3 nitrogen and oxygen atoms in total. The zero-order valence-corrected chi connectivity index (χ0v) is 13.5. The second-order valence-corrected chi connectivity index (χ2v) is 5.76. The van der Waals surface area contributed by atoms with Gasteiger partial charge in [-0.05, 0) is 46.5 Å². The summed E-state index contributed by atoms with van der Waals surface area (Å²) in [6.45, 7) is 9.54. The Kier molecular flexibility index (Phi) is 7.93.